The van der Waals surface area contributed by atoms with Gasteiger partial charge in [0, 0.05) is 19.6 Å². The highest BCUT2D eigenvalue weighted by atomic mass is 32.2. The van der Waals surface area contributed by atoms with Crippen LogP contribution in [-0.4, -0.2) is 56.0 Å². The maximum Gasteiger partial charge on any atom is 0.314 e. The molecule has 0 aromatic rings. The van der Waals surface area contributed by atoms with Gasteiger partial charge in [-0.05, 0) is 51.9 Å². The van der Waals surface area contributed by atoms with Crippen molar-refractivity contribution in [2.75, 3.05) is 31.1 Å². The van der Waals surface area contributed by atoms with E-state index in [9.17, 15) is 13.2 Å². The molecule has 0 unspecified atom stereocenters. The van der Waals surface area contributed by atoms with Gasteiger partial charge >= 0.3 is 5.97 Å². The van der Waals surface area contributed by atoms with Crippen molar-refractivity contribution in [2.24, 2.45) is 17.3 Å². The second kappa shape index (κ2) is 5.73. The Morgan fingerprint density at radius 1 is 1.30 bits per heavy atom. The van der Waals surface area contributed by atoms with E-state index in [0.717, 1.165) is 45.3 Å². The van der Waals surface area contributed by atoms with Crippen molar-refractivity contribution in [1.82, 2.24) is 4.90 Å². The number of likely N-dealkylation sites (tertiary alicyclic amines) is 1. The van der Waals surface area contributed by atoms with Gasteiger partial charge in [0.1, 0.15) is 5.60 Å². The third-order valence-electron chi connectivity index (χ3n) is 5.59. The lowest BCUT2D eigenvalue weighted by Crippen LogP contribution is -2.41. The first-order valence-electron chi connectivity index (χ1n) is 8.76. The first-order valence-corrected chi connectivity index (χ1v) is 10.6. The van der Waals surface area contributed by atoms with Crippen molar-refractivity contribution in [1.29, 1.82) is 0 Å². The lowest BCUT2D eigenvalue weighted by atomic mass is 9.80. The average molecular weight is 343 g/mol. The third-order valence-corrected chi connectivity index (χ3v) is 7.43. The number of nitrogens with zero attached hydrogens (tertiary/aromatic N) is 1. The number of fused-ring (bicyclic) bond motifs is 1. The van der Waals surface area contributed by atoms with Crippen molar-refractivity contribution in [3.63, 3.8) is 0 Å². The van der Waals surface area contributed by atoms with Gasteiger partial charge in [-0.2, -0.15) is 0 Å². The molecule has 0 amide bonds. The number of esters is 1. The molecule has 0 aromatic carbocycles. The fraction of sp³-hybridized carbons (Fsp3) is 0.941. The highest BCUT2D eigenvalue weighted by Gasteiger charge is 2.56. The molecule has 0 radical (unpaired) electrons. The molecule has 0 aromatic heterocycles. The molecule has 3 atom stereocenters. The van der Waals surface area contributed by atoms with Crippen molar-refractivity contribution in [3.8, 4) is 0 Å². The van der Waals surface area contributed by atoms with Crippen LogP contribution in [0, 0.1) is 17.3 Å². The van der Waals surface area contributed by atoms with Gasteiger partial charge in [0.05, 0.1) is 16.9 Å². The Bertz CT molecular complexity index is 580. The summed E-state index contributed by atoms with van der Waals surface area (Å²) < 4.78 is 29.0. The Labute approximate surface area is 139 Å². The van der Waals surface area contributed by atoms with Gasteiger partial charge in [-0.1, -0.05) is 6.42 Å². The number of rotatable bonds is 3. The first kappa shape index (κ1) is 17.2. The number of sulfone groups is 1. The minimum atomic E-state index is -2.83. The summed E-state index contributed by atoms with van der Waals surface area (Å²) in [6.07, 6.45) is 3.85. The van der Waals surface area contributed by atoms with Gasteiger partial charge in [0.25, 0.3) is 0 Å². The van der Waals surface area contributed by atoms with Crippen LogP contribution in [0.3, 0.4) is 0 Å². The summed E-state index contributed by atoms with van der Waals surface area (Å²) in [4.78, 5) is 15.1. The zero-order valence-corrected chi connectivity index (χ0v) is 15.3. The molecule has 3 aliphatic rings. The summed E-state index contributed by atoms with van der Waals surface area (Å²) in [5.41, 5.74) is -0.809. The van der Waals surface area contributed by atoms with E-state index in [2.05, 4.69) is 4.90 Å². The monoisotopic (exact) mass is 343 g/mol. The Morgan fingerprint density at radius 3 is 2.65 bits per heavy atom. The predicted molar refractivity (Wildman–Crippen MR) is 88.8 cm³/mol. The van der Waals surface area contributed by atoms with Gasteiger partial charge in [0.15, 0.2) is 9.84 Å². The molecule has 5 nitrogen and oxygen atoms in total. The zero-order valence-electron chi connectivity index (χ0n) is 14.5. The second-order valence-electron chi connectivity index (χ2n) is 8.71. The Balaban J connectivity index is 1.66. The Hall–Kier alpha value is -0.620. The predicted octanol–water partition coefficient (Wildman–Crippen LogP) is 1.86. The van der Waals surface area contributed by atoms with Crippen LogP contribution in [0.4, 0.5) is 0 Å². The van der Waals surface area contributed by atoms with Gasteiger partial charge in [-0.25, -0.2) is 8.42 Å². The van der Waals surface area contributed by atoms with Crippen molar-refractivity contribution in [2.45, 2.75) is 52.1 Å². The van der Waals surface area contributed by atoms with E-state index >= 15 is 0 Å². The number of carbonyl (C=O) groups excluding carboxylic acids is 1. The third kappa shape index (κ3) is 3.58. The van der Waals surface area contributed by atoms with Crippen LogP contribution < -0.4 is 0 Å². The topological polar surface area (TPSA) is 63.7 Å². The van der Waals surface area contributed by atoms with E-state index in [-0.39, 0.29) is 17.3 Å². The lowest BCUT2D eigenvalue weighted by Gasteiger charge is -2.31. The highest BCUT2D eigenvalue weighted by molar-refractivity contribution is 7.91. The smallest absolute Gasteiger partial charge is 0.314 e. The summed E-state index contributed by atoms with van der Waals surface area (Å²) >= 11 is 0. The van der Waals surface area contributed by atoms with E-state index in [1.807, 2.05) is 20.8 Å². The van der Waals surface area contributed by atoms with Crippen LogP contribution in [-0.2, 0) is 19.4 Å². The lowest BCUT2D eigenvalue weighted by molar-refractivity contribution is -0.168. The maximum atomic E-state index is 12.8. The van der Waals surface area contributed by atoms with E-state index in [0.29, 0.717) is 17.4 Å². The van der Waals surface area contributed by atoms with E-state index in [1.165, 1.54) is 0 Å². The van der Waals surface area contributed by atoms with Crippen LogP contribution in [0.2, 0.25) is 0 Å². The SMILES string of the molecule is CC(C)(C)OC(=O)[C@@]12CCC[C@H]1CN(C[C@H]1CCS(=O)(=O)C1)C2. The van der Waals surface area contributed by atoms with Crippen LogP contribution in [0.15, 0.2) is 0 Å². The van der Waals surface area contributed by atoms with Crippen molar-refractivity contribution in [3.05, 3.63) is 0 Å². The van der Waals surface area contributed by atoms with Crippen LogP contribution in [0.5, 0.6) is 0 Å². The van der Waals surface area contributed by atoms with E-state index < -0.39 is 15.4 Å². The summed E-state index contributed by atoms with van der Waals surface area (Å²) in [5, 5.41) is 0. The molecular formula is C17H29NO4S. The normalized spacial score (nSPS) is 37.0. The minimum Gasteiger partial charge on any atom is -0.459 e. The summed E-state index contributed by atoms with van der Waals surface area (Å²) in [5.74, 6) is 1.19. The first-order chi connectivity index (χ1) is 10.6. The van der Waals surface area contributed by atoms with Crippen molar-refractivity contribution >= 4 is 15.8 Å². The quantitative estimate of drug-likeness (QED) is 0.732. The molecule has 2 heterocycles. The molecule has 2 aliphatic heterocycles. The summed E-state index contributed by atoms with van der Waals surface area (Å²) in [7, 11) is -2.83. The zero-order chi connectivity index (χ0) is 16.9. The van der Waals surface area contributed by atoms with Gasteiger partial charge < -0.3 is 9.64 Å². The molecule has 3 fully saturated rings. The fourth-order valence-corrected chi connectivity index (χ4v) is 6.48. The summed E-state index contributed by atoms with van der Waals surface area (Å²) in [6.45, 7) is 8.21. The molecule has 1 aliphatic carbocycles. The second-order valence-corrected chi connectivity index (χ2v) is 10.9. The van der Waals surface area contributed by atoms with E-state index in [1.54, 1.807) is 0 Å². The number of hydrogen-bond acceptors (Lipinski definition) is 5. The number of hydrogen-bond donors (Lipinski definition) is 0. The number of carbonyl (C=O) groups is 1. The molecule has 3 rings (SSSR count). The van der Waals surface area contributed by atoms with Crippen molar-refractivity contribution < 1.29 is 17.9 Å². The molecule has 0 spiro atoms. The van der Waals surface area contributed by atoms with E-state index in [4.69, 9.17) is 4.74 Å². The standard InChI is InChI=1S/C17H29NO4S/c1-16(2,3)22-15(19)17-7-4-5-14(17)10-18(12-17)9-13-6-8-23(20,21)11-13/h13-14H,4-12H2,1-3H3/t13-,14+,17-/m1/s1. The molecular weight excluding hydrogens is 314 g/mol. The van der Waals surface area contributed by atoms with Gasteiger partial charge in [-0.3, -0.25) is 4.79 Å². The molecule has 23 heavy (non-hydrogen) atoms. The molecule has 2 saturated heterocycles. The average Bonchev–Trinajstić information content (AvgIpc) is 3.00. The van der Waals surface area contributed by atoms with Crippen LogP contribution in [0.25, 0.3) is 0 Å². The Kier molecular flexibility index (Phi) is 4.28. The van der Waals surface area contributed by atoms with Gasteiger partial charge in [0.2, 0.25) is 0 Å². The molecule has 0 bridgehead atoms. The minimum absolute atomic E-state index is 0.0472. The molecule has 6 heteroatoms. The van der Waals surface area contributed by atoms with Gasteiger partial charge in [-0.15, -0.1) is 0 Å². The van der Waals surface area contributed by atoms with Crippen LogP contribution in [0.1, 0.15) is 46.5 Å². The maximum absolute atomic E-state index is 12.8. The highest BCUT2D eigenvalue weighted by Crippen LogP contribution is 2.50. The largest absolute Gasteiger partial charge is 0.459 e. The molecule has 0 N–H and O–H groups in total. The van der Waals surface area contributed by atoms with Crippen LogP contribution >= 0.6 is 0 Å². The fourth-order valence-electron chi connectivity index (χ4n) is 4.63. The summed E-state index contributed by atoms with van der Waals surface area (Å²) in [6, 6.07) is 0. The Morgan fingerprint density at radius 2 is 2.04 bits per heavy atom. The molecule has 132 valence electrons. The number of ether oxygens (including phenoxy) is 1. The molecule has 1 saturated carbocycles.